The van der Waals surface area contributed by atoms with Crippen LogP contribution in [0.4, 0.5) is 0 Å². The second kappa shape index (κ2) is 5.32. The molecule has 0 atom stereocenters. The summed E-state index contributed by atoms with van der Waals surface area (Å²) < 4.78 is 0. The van der Waals surface area contributed by atoms with Crippen molar-refractivity contribution in [2.45, 2.75) is 25.3 Å². The highest BCUT2D eigenvalue weighted by Gasteiger charge is 2.19. The molecule has 2 nitrogen and oxygen atoms in total. The molecule has 1 fully saturated rings. The first-order chi connectivity index (χ1) is 8.93. The van der Waals surface area contributed by atoms with E-state index in [1.54, 1.807) is 0 Å². The number of nitrogens with one attached hydrogen (secondary N) is 1. The Hall–Kier alpha value is -1.67. The Morgan fingerprint density at radius 2 is 2.11 bits per heavy atom. The van der Waals surface area contributed by atoms with Crippen molar-refractivity contribution in [2.24, 2.45) is 0 Å². The highest BCUT2D eigenvalue weighted by Crippen LogP contribution is 2.19. The smallest absolute Gasteiger partial charge is 0.0346 e. The van der Waals surface area contributed by atoms with Gasteiger partial charge in [-0.3, -0.25) is 4.98 Å². The largest absolute Gasteiger partial charge is 0.314 e. The number of aromatic nitrogens is 1. The van der Waals surface area contributed by atoms with E-state index in [4.69, 9.17) is 0 Å². The lowest BCUT2D eigenvalue weighted by Crippen LogP contribution is -2.16. The van der Waals surface area contributed by atoms with Crippen LogP contribution in [0.2, 0.25) is 0 Å². The second-order valence-electron chi connectivity index (χ2n) is 4.87. The van der Waals surface area contributed by atoms with E-state index in [1.807, 2.05) is 12.4 Å². The van der Waals surface area contributed by atoms with Crippen molar-refractivity contribution in [3.05, 3.63) is 48.3 Å². The summed E-state index contributed by atoms with van der Waals surface area (Å²) >= 11 is 0. The first-order valence-electron chi connectivity index (χ1n) is 6.66. The summed E-state index contributed by atoms with van der Waals surface area (Å²) in [7, 11) is 0. The molecule has 2 aromatic rings. The SMILES string of the molecule is C(=Cc1cncc2ccccc12)CCNC1CC1. The van der Waals surface area contributed by atoms with Crippen LogP contribution >= 0.6 is 0 Å². The molecule has 18 heavy (non-hydrogen) atoms. The van der Waals surface area contributed by atoms with E-state index in [9.17, 15) is 0 Å². The molecule has 1 aliphatic carbocycles. The fourth-order valence-electron chi connectivity index (χ4n) is 2.14. The predicted molar refractivity (Wildman–Crippen MR) is 76.4 cm³/mol. The van der Waals surface area contributed by atoms with Gasteiger partial charge in [-0.25, -0.2) is 0 Å². The zero-order valence-corrected chi connectivity index (χ0v) is 10.5. The van der Waals surface area contributed by atoms with Crippen molar-refractivity contribution in [3.8, 4) is 0 Å². The molecule has 1 N–H and O–H groups in total. The summed E-state index contributed by atoms with van der Waals surface area (Å²) in [5.74, 6) is 0. The van der Waals surface area contributed by atoms with Crippen LogP contribution in [0.15, 0.2) is 42.7 Å². The average Bonchev–Trinajstić information content (AvgIpc) is 3.23. The first-order valence-corrected chi connectivity index (χ1v) is 6.66. The Morgan fingerprint density at radius 3 is 3.00 bits per heavy atom. The number of benzene rings is 1. The highest BCUT2D eigenvalue weighted by molar-refractivity contribution is 5.89. The predicted octanol–water partition coefficient (Wildman–Crippen LogP) is 3.39. The van der Waals surface area contributed by atoms with Crippen LogP contribution in [0.5, 0.6) is 0 Å². The molecule has 2 heteroatoms. The fraction of sp³-hybridized carbons (Fsp3) is 0.312. The Bertz CT molecular complexity index is 551. The van der Waals surface area contributed by atoms with E-state index >= 15 is 0 Å². The van der Waals surface area contributed by atoms with Crippen LogP contribution in [0.3, 0.4) is 0 Å². The third-order valence-electron chi connectivity index (χ3n) is 3.32. The molecular weight excluding hydrogens is 220 g/mol. The lowest BCUT2D eigenvalue weighted by molar-refractivity contribution is 0.691. The molecule has 0 radical (unpaired) electrons. The number of pyridine rings is 1. The van der Waals surface area contributed by atoms with Crippen LogP contribution in [-0.2, 0) is 0 Å². The van der Waals surface area contributed by atoms with Gasteiger partial charge in [0, 0.05) is 29.4 Å². The zero-order chi connectivity index (χ0) is 12.2. The maximum atomic E-state index is 4.28. The monoisotopic (exact) mass is 238 g/mol. The minimum absolute atomic E-state index is 0.803. The van der Waals surface area contributed by atoms with Gasteiger partial charge >= 0.3 is 0 Å². The average molecular weight is 238 g/mol. The Kier molecular flexibility index (Phi) is 3.37. The molecule has 1 aromatic carbocycles. The summed E-state index contributed by atoms with van der Waals surface area (Å²) in [6.07, 6.45) is 12.1. The van der Waals surface area contributed by atoms with Crippen molar-refractivity contribution in [1.29, 1.82) is 0 Å². The molecule has 0 saturated heterocycles. The van der Waals surface area contributed by atoms with E-state index in [-0.39, 0.29) is 0 Å². The van der Waals surface area contributed by atoms with Gasteiger partial charge in [-0.05, 0) is 31.2 Å². The summed E-state index contributed by atoms with van der Waals surface area (Å²) in [6, 6.07) is 9.19. The van der Waals surface area contributed by atoms with Gasteiger partial charge in [0.2, 0.25) is 0 Å². The second-order valence-corrected chi connectivity index (χ2v) is 4.87. The molecule has 1 aromatic heterocycles. The van der Waals surface area contributed by atoms with Crippen LogP contribution in [0.25, 0.3) is 16.8 Å². The number of nitrogens with zero attached hydrogens (tertiary/aromatic N) is 1. The van der Waals surface area contributed by atoms with E-state index < -0.39 is 0 Å². The Balaban J connectivity index is 1.67. The van der Waals surface area contributed by atoms with Gasteiger partial charge in [0.25, 0.3) is 0 Å². The first kappa shape index (κ1) is 11.4. The molecule has 0 amide bonds. The Labute approximate surface area is 108 Å². The standard InChI is InChI=1S/C16H18N2/c1-2-7-16-13(5-1)11-17-12-14(16)6-3-4-10-18-15-8-9-15/h1-3,5-7,11-12,15,18H,4,8-10H2. The number of hydrogen-bond donors (Lipinski definition) is 1. The highest BCUT2D eigenvalue weighted by atomic mass is 14.9. The molecule has 0 bridgehead atoms. The molecule has 0 unspecified atom stereocenters. The molecule has 3 rings (SSSR count). The van der Waals surface area contributed by atoms with Gasteiger partial charge in [-0.2, -0.15) is 0 Å². The number of fused-ring (bicyclic) bond motifs is 1. The van der Waals surface area contributed by atoms with E-state index in [0.717, 1.165) is 19.0 Å². The molecule has 92 valence electrons. The molecule has 0 spiro atoms. The zero-order valence-electron chi connectivity index (χ0n) is 10.5. The number of rotatable bonds is 5. The fourth-order valence-corrected chi connectivity index (χ4v) is 2.14. The van der Waals surface area contributed by atoms with Crippen LogP contribution < -0.4 is 5.32 Å². The van der Waals surface area contributed by atoms with E-state index in [2.05, 4.69) is 46.7 Å². The minimum Gasteiger partial charge on any atom is -0.314 e. The van der Waals surface area contributed by atoms with E-state index in [0.29, 0.717) is 0 Å². The lowest BCUT2D eigenvalue weighted by Gasteiger charge is -2.01. The van der Waals surface area contributed by atoms with Crippen LogP contribution in [0, 0.1) is 0 Å². The maximum absolute atomic E-state index is 4.28. The van der Waals surface area contributed by atoms with Gasteiger partial charge in [0.1, 0.15) is 0 Å². The summed E-state index contributed by atoms with van der Waals surface area (Å²) in [6.45, 7) is 1.08. The molecule has 0 aliphatic heterocycles. The summed E-state index contributed by atoms with van der Waals surface area (Å²) in [5.41, 5.74) is 1.21. The van der Waals surface area contributed by atoms with Gasteiger partial charge in [-0.15, -0.1) is 0 Å². The molecule has 1 aliphatic rings. The molecular formula is C16H18N2. The molecule has 1 heterocycles. The number of hydrogen-bond acceptors (Lipinski definition) is 2. The van der Waals surface area contributed by atoms with Crippen molar-refractivity contribution >= 4 is 16.8 Å². The van der Waals surface area contributed by atoms with Crippen LogP contribution in [0.1, 0.15) is 24.8 Å². The van der Waals surface area contributed by atoms with Crippen molar-refractivity contribution in [1.82, 2.24) is 10.3 Å². The quantitative estimate of drug-likeness (QED) is 0.808. The topological polar surface area (TPSA) is 24.9 Å². The van der Waals surface area contributed by atoms with E-state index in [1.165, 1.54) is 29.2 Å². The van der Waals surface area contributed by atoms with Gasteiger partial charge < -0.3 is 5.32 Å². The third kappa shape index (κ3) is 2.77. The molecule has 1 saturated carbocycles. The maximum Gasteiger partial charge on any atom is 0.0346 e. The van der Waals surface area contributed by atoms with Gasteiger partial charge in [0.15, 0.2) is 0 Å². The summed E-state index contributed by atoms with van der Waals surface area (Å²) in [5, 5.41) is 5.99. The Morgan fingerprint density at radius 1 is 1.22 bits per heavy atom. The van der Waals surface area contributed by atoms with Crippen LogP contribution in [-0.4, -0.2) is 17.6 Å². The van der Waals surface area contributed by atoms with Crippen molar-refractivity contribution in [3.63, 3.8) is 0 Å². The van der Waals surface area contributed by atoms with Gasteiger partial charge in [-0.1, -0.05) is 36.4 Å². The summed E-state index contributed by atoms with van der Waals surface area (Å²) in [4.78, 5) is 4.28. The van der Waals surface area contributed by atoms with Crippen molar-refractivity contribution < 1.29 is 0 Å². The normalized spacial score (nSPS) is 15.6. The van der Waals surface area contributed by atoms with Crippen molar-refractivity contribution in [2.75, 3.05) is 6.54 Å². The minimum atomic E-state index is 0.803. The third-order valence-corrected chi connectivity index (χ3v) is 3.32. The van der Waals surface area contributed by atoms with Gasteiger partial charge in [0.05, 0.1) is 0 Å². The lowest BCUT2D eigenvalue weighted by atomic mass is 10.1.